The highest BCUT2D eigenvalue weighted by atomic mass is 35.5. The van der Waals surface area contributed by atoms with Crippen molar-refractivity contribution in [3.63, 3.8) is 0 Å². The van der Waals surface area contributed by atoms with Crippen molar-refractivity contribution in [2.24, 2.45) is 7.05 Å². The van der Waals surface area contributed by atoms with E-state index in [0.29, 0.717) is 18.3 Å². The molecule has 0 spiro atoms. The van der Waals surface area contributed by atoms with E-state index in [4.69, 9.17) is 0 Å². The quantitative estimate of drug-likeness (QED) is 0.858. The highest BCUT2D eigenvalue weighted by Crippen LogP contribution is 2.23. The Morgan fingerprint density at radius 1 is 1.50 bits per heavy atom. The second-order valence-electron chi connectivity index (χ2n) is 4.73. The monoisotopic (exact) mass is 319 g/mol. The fourth-order valence-corrected chi connectivity index (χ4v) is 2.54. The van der Waals surface area contributed by atoms with Gasteiger partial charge in [-0.05, 0) is 32.2 Å². The molecule has 20 heavy (non-hydrogen) atoms. The van der Waals surface area contributed by atoms with Crippen molar-refractivity contribution >= 4 is 36.0 Å². The van der Waals surface area contributed by atoms with E-state index in [1.165, 1.54) is 0 Å². The number of nitrogens with zero attached hydrogens (tertiary/aromatic N) is 3. The first-order chi connectivity index (χ1) is 9.20. The number of piperidine rings is 1. The zero-order valence-corrected chi connectivity index (χ0v) is 13.5. The second-order valence-corrected chi connectivity index (χ2v) is 5.72. The normalized spacial score (nSPS) is 15.7. The molecule has 2 heterocycles. The van der Waals surface area contributed by atoms with E-state index < -0.39 is 0 Å². The molecule has 2 rings (SSSR count). The maximum atomic E-state index is 11.7. The molecule has 1 aliphatic rings. The van der Waals surface area contributed by atoms with Gasteiger partial charge in [0.1, 0.15) is 0 Å². The van der Waals surface area contributed by atoms with Crippen molar-refractivity contribution in [1.82, 2.24) is 20.1 Å². The first-order valence-corrected chi connectivity index (χ1v) is 8.00. The highest BCUT2D eigenvalue weighted by Gasteiger charge is 2.21. The van der Waals surface area contributed by atoms with E-state index in [0.717, 1.165) is 37.5 Å². The number of halogens is 1. The number of carbonyl (C=O) groups excluding carboxylic acids is 1. The predicted molar refractivity (Wildman–Crippen MR) is 84.7 cm³/mol. The number of nitrogens with one attached hydrogen (secondary N) is 2. The average Bonchev–Trinajstić information content (AvgIpc) is 2.79. The predicted octanol–water partition coefficient (Wildman–Crippen LogP) is 1.40. The number of carbonyl (C=O) groups is 1. The van der Waals surface area contributed by atoms with Crippen LogP contribution in [0.15, 0.2) is 0 Å². The Morgan fingerprint density at radius 2 is 2.20 bits per heavy atom. The standard InChI is InChI=1S/C12H21N5OS.ClH/c1-17-12(14-10(18)5-8-19-2)15-11(16-17)9-3-6-13-7-4-9;/h9,13H,3-8H2,1-2H3,(H,14,15,16,18);1H. The number of aryl methyl sites for hydroxylation is 1. The van der Waals surface area contributed by atoms with Crippen molar-refractivity contribution in [2.75, 3.05) is 30.4 Å². The third kappa shape index (κ3) is 4.64. The molecule has 0 aliphatic carbocycles. The maximum absolute atomic E-state index is 11.7. The van der Waals surface area contributed by atoms with Gasteiger partial charge in [-0.2, -0.15) is 21.8 Å². The minimum Gasteiger partial charge on any atom is -0.317 e. The van der Waals surface area contributed by atoms with Crippen molar-refractivity contribution in [3.05, 3.63) is 5.82 Å². The fraction of sp³-hybridized carbons (Fsp3) is 0.750. The van der Waals surface area contributed by atoms with Gasteiger partial charge < -0.3 is 5.32 Å². The minimum absolute atomic E-state index is 0. The smallest absolute Gasteiger partial charge is 0.227 e. The zero-order chi connectivity index (χ0) is 13.7. The van der Waals surface area contributed by atoms with E-state index in [1.807, 2.05) is 13.3 Å². The molecule has 114 valence electrons. The average molecular weight is 320 g/mol. The van der Waals surface area contributed by atoms with Crippen LogP contribution in [0, 0.1) is 0 Å². The Balaban J connectivity index is 0.00000200. The molecule has 1 aliphatic heterocycles. The molecule has 1 amide bonds. The SMILES string of the molecule is CSCCC(=O)Nc1nc(C2CCNCC2)nn1C.Cl. The number of aromatic nitrogens is 3. The fourth-order valence-electron chi connectivity index (χ4n) is 2.15. The molecule has 1 aromatic heterocycles. The minimum atomic E-state index is 0. The highest BCUT2D eigenvalue weighted by molar-refractivity contribution is 7.98. The van der Waals surface area contributed by atoms with E-state index >= 15 is 0 Å². The van der Waals surface area contributed by atoms with Crippen LogP contribution in [0.2, 0.25) is 0 Å². The van der Waals surface area contributed by atoms with E-state index in [2.05, 4.69) is 20.7 Å². The van der Waals surface area contributed by atoms with Gasteiger partial charge >= 0.3 is 0 Å². The number of amides is 1. The molecule has 0 radical (unpaired) electrons. The zero-order valence-electron chi connectivity index (χ0n) is 11.9. The second kappa shape index (κ2) is 8.49. The molecular weight excluding hydrogens is 298 g/mol. The first kappa shape index (κ1) is 17.3. The van der Waals surface area contributed by atoms with Gasteiger partial charge in [0.2, 0.25) is 11.9 Å². The number of hydrogen-bond acceptors (Lipinski definition) is 5. The van der Waals surface area contributed by atoms with Gasteiger partial charge in [0, 0.05) is 25.1 Å². The molecule has 0 aromatic carbocycles. The Morgan fingerprint density at radius 3 is 2.85 bits per heavy atom. The molecule has 8 heteroatoms. The lowest BCUT2D eigenvalue weighted by atomic mass is 9.98. The van der Waals surface area contributed by atoms with Gasteiger partial charge in [0.25, 0.3) is 0 Å². The van der Waals surface area contributed by atoms with Crippen molar-refractivity contribution in [2.45, 2.75) is 25.2 Å². The lowest BCUT2D eigenvalue weighted by Crippen LogP contribution is -2.27. The molecule has 1 saturated heterocycles. The van der Waals surface area contributed by atoms with Crippen LogP contribution in [0.1, 0.15) is 31.0 Å². The Hall–Kier alpha value is -0.790. The lowest BCUT2D eigenvalue weighted by molar-refractivity contribution is -0.115. The molecule has 1 fully saturated rings. The van der Waals surface area contributed by atoms with Crippen LogP contribution in [-0.4, -0.2) is 45.8 Å². The van der Waals surface area contributed by atoms with Gasteiger partial charge in [0.15, 0.2) is 5.82 Å². The van der Waals surface area contributed by atoms with Crippen LogP contribution in [0.5, 0.6) is 0 Å². The van der Waals surface area contributed by atoms with E-state index in [-0.39, 0.29) is 18.3 Å². The van der Waals surface area contributed by atoms with Gasteiger partial charge in [-0.3, -0.25) is 10.1 Å². The Labute approximate surface area is 129 Å². The summed E-state index contributed by atoms with van der Waals surface area (Å²) in [5.74, 6) is 2.64. The third-order valence-electron chi connectivity index (χ3n) is 3.27. The lowest BCUT2D eigenvalue weighted by Gasteiger charge is -2.19. The maximum Gasteiger partial charge on any atom is 0.227 e. The van der Waals surface area contributed by atoms with Crippen LogP contribution < -0.4 is 10.6 Å². The van der Waals surface area contributed by atoms with Crippen molar-refractivity contribution in [3.8, 4) is 0 Å². The topological polar surface area (TPSA) is 71.8 Å². The summed E-state index contributed by atoms with van der Waals surface area (Å²) in [4.78, 5) is 16.2. The van der Waals surface area contributed by atoms with Crippen molar-refractivity contribution in [1.29, 1.82) is 0 Å². The first-order valence-electron chi connectivity index (χ1n) is 6.61. The summed E-state index contributed by atoms with van der Waals surface area (Å²) in [6.45, 7) is 2.02. The number of hydrogen-bond donors (Lipinski definition) is 2. The van der Waals surface area contributed by atoms with Crippen LogP contribution in [-0.2, 0) is 11.8 Å². The molecule has 0 unspecified atom stereocenters. The molecular formula is C12H22ClN5OS. The summed E-state index contributed by atoms with van der Waals surface area (Å²) in [5, 5.41) is 10.6. The van der Waals surface area contributed by atoms with E-state index in [9.17, 15) is 4.79 Å². The van der Waals surface area contributed by atoms with Crippen LogP contribution in [0.4, 0.5) is 5.95 Å². The Kier molecular flexibility index (Phi) is 7.32. The summed E-state index contributed by atoms with van der Waals surface area (Å²) in [6, 6.07) is 0. The molecule has 0 saturated carbocycles. The van der Waals surface area contributed by atoms with E-state index in [1.54, 1.807) is 16.4 Å². The van der Waals surface area contributed by atoms with Crippen LogP contribution >= 0.6 is 24.2 Å². The van der Waals surface area contributed by atoms with Gasteiger partial charge in [-0.1, -0.05) is 0 Å². The van der Waals surface area contributed by atoms with Crippen molar-refractivity contribution < 1.29 is 4.79 Å². The molecule has 0 bridgehead atoms. The summed E-state index contributed by atoms with van der Waals surface area (Å²) in [7, 11) is 1.82. The van der Waals surface area contributed by atoms with Gasteiger partial charge in [-0.25, -0.2) is 4.68 Å². The molecule has 1 aromatic rings. The largest absolute Gasteiger partial charge is 0.317 e. The summed E-state index contributed by atoms with van der Waals surface area (Å²) < 4.78 is 1.66. The number of anilines is 1. The molecule has 0 atom stereocenters. The summed E-state index contributed by atoms with van der Waals surface area (Å²) in [5.41, 5.74) is 0. The Bertz CT molecular complexity index is 433. The van der Waals surface area contributed by atoms with Crippen LogP contribution in [0.3, 0.4) is 0 Å². The van der Waals surface area contributed by atoms with Gasteiger partial charge in [-0.15, -0.1) is 12.4 Å². The number of thioether (sulfide) groups is 1. The number of rotatable bonds is 5. The molecule has 2 N–H and O–H groups in total. The summed E-state index contributed by atoms with van der Waals surface area (Å²) >= 11 is 1.66. The van der Waals surface area contributed by atoms with Crippen LogP contribution in [0.25, 0.3) is 0 Å². The molecule has 6 nitrogen and oxygen atoms in total. The third-order valence-corrected chi connectivity index (χ3v) is 3.88. The summed E-state index contributed by atoms with van der Waals surface area (Å²) in [6.07, 6.45) is 4.62. The van der Waals surface area contributed by atoms with Gasteiger partial charge in [0.05, 0.1) is 0 Å².